The SMILES string of the molecule is CCOC(=O)[C@H]1COCC[C@@H]1N[C@@H](C)c1ccccc1. The lowest BCUT2D eigenvalue weighted by Gasteiger charge is -2.33. The van der Waals surface area contributed by atoms with E-state index in [2.05, 4.69) is 24.4 Å². The zero-order valence-corrected chi connectivity index (χ0v) is 12.2. The average molecular weight is 277 g/mol. The van der Waals surface area contributed by atoms with E-state index in [9.17, 15) is 4.79 Å². The summed E-state index contributed by atoms with van der Waals surface area (Å²) in [5.74, 6) is -0.375. The van der Waals surface area contributed by atoms with Gasteiger partial charge in [-0.25, -0.2) is 0 Å². The van der Waals surface area contributed by atoms with Crippen LogP contribution in [-0.4, -0.2) is 31.8 Å². The van der Waals surface area contributed by atoms with Crippen molar-refractivity contribution >= 4 is 5.97 Å². The van der Waals surface area contributed by atoms with Gasteiger partial charge in [0.05, 0.1) is 19.1 Å². The Hall–Kier alpha value is -1.39. The molecule has 0 radical (unpaired) electrons. The smallest absolute Gasteiger partial charge is 0.312 e. The summed E-state index contributed by atoms with van der Waals surface area (Å²) in [5.41, 5.74) is 1.22. The number of carbonyl (C=O) groups excluding carboxylic acids is 1. The van der Waals surface area contributed by atoms with Crippen LogP contribution in [0.2, 0.25) is 0 Å². The van der Waals surface area contributed by atoms with Crippen LogP contribution < -0.4 is 5.32 Å². The summed E-state index contributed by atoms with van der Waals surface area (Å²) in [6.07, 6.45) is 0.834. The molecular formula is C16H23NO3. The molecule has 1 N–H and O–H groups in total. The molecule has 1 heterocycles. The van der Waals surface area contributed by atoms with Gasteiger partial charge in [0.25, 0.3) is 0 Å². The maximum Gasteiger partial charge on any atom is 0.312 e. The van der Waals surface area contributed by atoms with E-state index in [0.29, 0.717) is 19.8 Å². The summed E-state index contributed by atoms with van der Waals surface area (Å²) >= 11 is 0. The Bertz CT molecular complexity index is 421. The first-order valence-electron chi connectivity index (χ1n) is 7.27. The number of carbonyl (C=O) groups is 1. The standard InChI is InChI=1S/C16H23NO3/c1-3-20-16(18)14-11-19-10-9-15(14)17-12(2)13-7-5-4-6-8-13/h4-8,12,14-15,17H,3,9-11H2,1-2H3/t12-,14-,15-/m0/s1. The van der Waals surface area contributed by atoms with E-state index in [0.717, 1.165) is 6.42 Å². The van der Waals surface area contributed by atoms with Crippen LogP contribution in [0.5, 0.6) is 0 Å². The first-order chi connectivity index (χ1) is 9.72. The summed E-state index contributed by atoms with van der Waals surface area (Å²) in [6.45, 7) is 5.49. The van der Waals surface area contributed by atoms with E-state index in [1.165, 1.54) is 5.56 Å². The third kappa shape index (κ3) is 3.81. The monoisotopic (exact) mass is 277 g/mol. The van der Waals surface area contributed by atoms with Gasteiger partial charge in [0.15, 0.2) is 0 Å². The summed E-state index contributed by atoms with van der Waals surface area (Å²) in [5, 5.41) is 3.54. The Balaban J connectivity index is 2.00. The number of hydrogen-bond acceptors (Lipinski definition) is 4. The van der Waals surface area contributed by atoms with Crippen molar-refractivity contribution in [2.45, 2.75) is 32.4 Å². The number of rotatable bonds is 5. The van der Waals surface area contributed by atoms with Crippen LogP contribution in [0.1, 0.15) is 31.9 Å². The molecule has 0 aliphatic carbocycles. The van der Waals surface area contributed by atoms with E-state index in [1.54, 1.807) is 0 Å². The van der Waals surface area contributed by atoms with Gasteiger partial charge in [-0.15, -0.1) is 0 Å². The summed E-state index contributed by atoms with van der Waals surface area (Å²) < 4.78 is 10.6. The van der Waals surface area contributed by atoms with Crippen LogP contribution in [-0.2, 0) is 14.3 Å². The molecule has 20 heavy (non-hydrogen) atoms. The number of ether oxygens (including phenoxy) is 2. The number of hydrogen-bond donors (Lipinski definition) is 1. The molecule has 1 aliphatic heterocycles. The van der Waals surface area contributed by atoms with Gasteiger partial charge in [-0.3, -0.25) is 4.79 Å². The third-order valence-electron chi connectivity index (χ3n) is 3.71. The van der Waals surface area contributed by atoms with Gasteiger partial charge in [-0.1, -0.05) is 30.3 Å². The molecule has 0 spiro atoms. The van der Waals surface area contributed by atoms with E-state index < -0.39 is 0 Å². The van der Waals surface area contributed by atoms with Gasteiger partial charge in [0, 0.05) is 18.7 Å². The van der Waals surface area contributed by atoms with Crippen molar-refractivity contribution < 1.29 is 14.3 Å². The summed E-state index contributed by atoms with van der Waals surface area (Å²) in [4.78, 5) is 12.0. The number of benzene rings is 1. The van der Waals surface area contributed by atoms with E-state index >= 15 is 0 Å². The van der Waals surface area contributed by atoms with Crippen LogP contribution in [0.25, 0.3) is 0 Å². The molecule has 3 atom stereocenters. The van der Waals surface area contributed by atoms with Crippen molar-refractivity contribution in [2.75, 3.05) is 19.8 Å². The molecule has 110 valence electrons. The lowest BCUT2D eigenvalue weighted by atomic mass is 9.94. The predicted molar refractivity (Wildman–Crippen MR) is 77.3 cm³/mol. The lowest BCUT2D eigenvalue weighted by Crippen LogP contribution is -2.47. The molecule has 1 saturated heterocycles. The maximum atomic E-state index is 12.0. The third-order valence-corrected chi connectivity index (χ3v) is 3.71. The number of nitrogens with one attached hydrogen (secondary N) is 1. The minimum atomic E-state index is -0.213. The quantitative estimate of drug-likeness (QED) is 0.839. The molecule has 1 aromatic carbocycles. The second-order valence-electron chi connectivity index (χ2n) is 5.13. The van der Waals surface area contributed by atoms with Crippen molar-refractivity contribution in [3.05, 3.63) is 35.9 Å². The lowest BCUT2D eigenvalue weighted by molar-refractivity contribution is -0.154. The Morgan fingerprint density at radius 3 is 2.90 bits per heavy atom. The Morgan fingerprint density at radius 1 is 1.45 bits per heavy atom. The molecule has 0 unspecified atom stereocenters. The van der Waals surface area contributed by atoms with Crippen LogP contribution in [0.15, 0.2) is 30.3 Å². The Morgan fingerprint density at radius 2 is 2.20 bits per heavy atom. The maximum absolute atomic E-state index is 12.0. The molecule has 0 amide bonds. The molecule has 1 aromatic rings. The molecule has 4 nitrogen and oxygen atoms in total. The van der Waals surface area contributed by atoms with Gasteiger partial charge >= 0.3 is 5.97 Å². The number of esters is 1. The first-order valence-corrected chi connectivity index (χ1v) is 7.27. The van der Waals surface area contributed by atoms with Gasteiger partial charge in [0.1, 0.15) is 0 Å². The summed E-state index contributed by atoms with van der Waals surface area (Å²) in [7, 11) is 0. The Labute approximate surface area is 120 Å². The van der Waals surface area contributed by atoms with E-state index in [4.69, 9.17) is 9.47 Å². The average Bonchev–Trinajstić information content (AvgIpc) is 2.49. The zero-order valence-electron chi connectivity index (χ0n) is 12.2. The molecule has 1 fully saturated rings. The fraction of sp³-hybridized carbons (Fsp3) is 0.562. The van der Waals surface area contributed by atoms with Crippen LogP contribution in [0.3, 0.4) is 0 Å². The Kier molecular flexibility index (Phi) is 5.56. The highest BCUT2D eigenvalue weighted by Gasteiger charge is 2.33. The molecular weight excluding hydrogens is 254 g/mol. The summed E-state index contributed by atoms with van der Waals surface area (Å²) in [6, 6.07) is 10.6. The highest BCUT2D eigenvalue weighted by atomic mass is 16.5. The highest BCUT2D eigenvalue weighted by Crippen LogP contribution is 2.21. The molecule has 1 aliphatic rings. The fourth-order valence-corrected chi connectivity index (χ4v) is 2.58. The molecule has 4 heteroatoms. The van der Waals surface area contributed by atoms with Gasteiger partial charge < -0.3 is 14.8 Å². The van der Waals surface area contributed by atoms with Crippen molar-refractivity contribution in [1.82, 2.24) is 5.32 Å². The second kappa shape index (κ2) is 7.41. The van der Waals surface area contributed by atoms with Crippen molar-refractivity contribution in [2.24, 2.45) is 5.92 Å². The van der Waals surface area contributed by atoms with Gasteiger partial charge in [0.2, 0.25) is 0 Å². The zero-order chi connectivity index (χ0) is 14.4. The normalized spacial score (nSPS) is 24.1. The minimum Gasteiger partial charge on any atom is -0.466 e. The second-order valence-corrected chi connectivity index (χ2v) is 5.13. The van der Waals surface area contributed by atoms with Gasteiger partial charge in [-0.2, -0.15) is 0 Å². The molecule has 0 bridgehead atoms. The van der Waals surface area contributed by atoms with Crippen molar-refractivity contribution in [3.63, 3.8) is 0 Å². The molecule has 0 aromatic heterocycles. The fourth-order valence-electron chi connectivity index (χ4n) is 2.58. The van der Waals surface area contributed by atoms with Crippen LogP contribution >= 0.6 is 0 Å². The first kappa shape index (κ1) is 15.0. The predicted octanol–water partition coefficient (Wildman–Crippen LogP) is 2.31. The van der Waals surface area contributed by atoms with Gasteiger partial charge in [-0.05, 0) is 25.8 Å². The minimum absolute atomic E-state index is 0.109. The highest BCUT2D eigenvalue weighted by molar-refractivity contribution is 5.73. The topological polar surface area (TPSA) is 47.6 Å². The molecule has 0 saturated carbocycles. The van der Waals surface area contributed by atoms with Crippen LogP contribution in [0, 0.1) is 5.92 Å². The van der Waals surface area contributed by atoms with Crippen LogP contribution in [0.4, 0.5) is 0 Å². The largest absolute Gasteiger partial charge is 0.466 e. The molecule has 2 rings (SSSR count). The van der Waals surface area contributed by atoms with E-state index in [-0.39, 0.29) is 24.0 Å². The van der Waals surface area contributed by atoms with Crippen molar-refractivity contribution in [3.8, 4) is 0 Å². The van der Waals surface area contributed by atoms with Crippen molar-refractivity contribution in [1.29, 1.82) is 0 Å². The van der Waals surface area contributed by atoms with E-state index in [1.807, 2.05) is 25.1 Å².